The largest absolute Gasteiger partial charge is 0.384 e. The lowest BCUT2D eigenvalue weighted by Gasteiger charge is -1.98. The van der Waals surface area contributed by atoms with Gasteiger partial charge in [-0.25, -0.2) is 9.97 Å². The summed E-state index contributed by atoms with van der Waals surface area (Å²) < 4.78 is 5.40. The number of imidazole rings is 1. The van der Waals surface area contributed by atoms with Crippen molar-refractivity contribution >= 4 is 17.0 Å². The Morgan fingerprint density at radius 3 is 3.00 bits per heavy atom. The van der Waals surface area contributed by atoms with Gasteiger partial charge in [0.05, 0.1) is 12.1 Å². The Bertz CT molecular complexity index is 466. The fraction of sp³-hybridized carbons (Fsp3) is 0.455. The van der Waals surface area contributed by atoms with E-state index in [0.717, 1.165) is 30.8 Å². The molecule has 0 aromatic carbocycles. The van der Waals surface area contributed by atoms with Crippen molar-refractivity contribution in [3.63, 3.8) is 0 Å². The Morgan fingerprint density at radius 2 is 2.19 bits per heavy atom. The number of aromatic nitrogens is 3. The summed E-state index contributed by atoms with van der Waals surface area (Å²) in [6.07, 6.45) is 1.81. The number of aromatic amines is 1. The molecule has 0 bridgehead atoms. The highest BCUT2D eigenvalue weighted by atomic mass is 16.5. The molecule has 0 radical (unpaired) electrons. The van der Waals surface area contributed by atoms with Crippen LogP contribution in [-0.2, 0) is 11.2 Å². The first-order chi connectivity index (χ1) is 7.79. The third-order valence-electron chi connectivity index (χ3n) is 2.25. The van der Waals surface area contributed by atoms with E-state index in [1.54, 1.807) is 6.07 Å². The summed E-state index contributed by atoms with van der Waals surface area (Å²) in [6.45, 7) is 3.57. The number of nitrogens with zero attached hydrogens (tertiary/aromatic N) is 2. The Kier molecular flexibility index (Phi) is 3.36. The molecule has 2 aromatic rings. The van der Waals surface area contributed by atoms with Crippen LogP contribution in [0.15, 0.2) is 12.1 Å². The summed E-state index contributed by atoms with van der Waals surface area (Å²) in [5.74, 6) is 1.39. The molecule has 0 fully saturated rings. The molecule has 0 amide bonds. The Hall–Kier alpha value is -1.62. The zero-order valence-electron chi connectivity index (χ0n) is 9.36. The van der Waals surface area contributed by atoms with Crippen LogP contribution >= 0.6 is 0 Å². The zero-order valence-corrected chi connectivity index (χ0v) is 9.36. The smallest absolute Gasteiger partial charge is 0.179 e. The maximum absolute atomic E-state index is 5.58. The van der Waals surface area contributed by atoms with Crippen molar-refractivity contribution in [3.05, 3.63) is 18.0 Å². The van der Waals surface area contributed by atoms with Crippen molar-refractivity contribution in [2.75, 3.05) is 18.9 Å². The molecule has 2 rings (SSSR count). The van der Waals surface area contributed by atoms with Crippen LogP contribution in [0.3, 0.4) is 0 Å². The molecule has 0 aliphatic heterocycles. The third kappa shape index (κ3) is 2.49. The van der Waals surface area contributed by atoms with Gasteiger partial charge in [0.1, 0.15) is 11.6 Å². The van der Waals surface area contributed by atoms with Gasteiger partial charge in [0, 0.05) is 13.0 Å². The van der Waals surface area contributed by atoms with Crippen molar-refractivity contribution in [1.82, 2.24) is 15.0 Å². The van der Waals surface area contributed by atoms with Gasteiger partial charge in [-0.3, -0.25) is 0 Å². The van der Waals surface area contributed by atoms with Gasteiger partial charge >= 0.3 is 0 Å². The topological polar surface area (TPSA) is 76.8 Å². The fourth-order valence-electron chi connectivity index (χ4n) is 1.49. The van der Waals surface area contributed by atoms with Gasteiger partial charge in [-0.05, 0) is 18.6 Å². The first kappa shape index (κ1) is 10.9. The lowest BCUT2D eigenvalue weighted by atomic mass is 10.4. The van der Waals surface area contributed by atoms with Gasteiger partial charge in [-0.1, -0.05) is 6.92 Å². The normalized spacial score (nSPS) is 11.1. The number of nitrogen functional groups attached to an aromatic ring is 1. The molecule has 2 aromatic heterocycles. The van der Waals surface area contributed by atoms with Crippen LogP contribution in [0.2, 0.25) is 0 Å². The number of ether oxygens (including phenoxy) is 1. The van der Waals surface area contributed by atoms with E-state index in [1.807, 2.05) is 6.07 Å². The predicted octanol–water partition coefficient (Wildman–Crippen LogP) is 1.51. The molecule has 86 valence electrons. The van der Waals surface area contributed by atoms with E-state index in [2.05, 4.69) is 21.9 Å². The molecule has 3 N–H and O–H groups in total. The number of fused-ring (bicyclic) bond motifs is 1. The molecular weight excluding hydrogens is 204 g/mol. The Morgan fingerprint density at radius 1 is 1.31 bits per heavy atom. The number of hydrogen-bond acceptors (Lipinski definition) is 4. The van der Waals surface area contributed by atoms with Crippen LogP contribution < -0.4 is 5.73 Å². The quantitative estimate of drug-likeness (QED) is 0.749. The molecule has 0 saturated carbocycles. The molecular formula is C11H16N4O. The van der Waals surface area contributed by atoms with Crippen LogP contribution in [0, 0.1) is 0 Å². The minimum Gasteiger partial charge on any atom is -0.384 e. The minimum absolute atomic E-state index is 0.493. The lowest BCUT2D eigenvalue weighted by molar-refractivity contribution is 0.137. The summed E-state index contributed by atoms with van der Waals surface area (Å²) in [6, 6.07) is 3.65. The van der Waals surface area contributed by atoms with Crippen LogP contribution in [0.1, 0.15) is 19.2 Å². The molecule has 0 aliphatic carbocycles. The highest BCUT2D eigenvalue weighted by Gasteiger charge is 2.03. The van der Waals surface area contributed by atoms with Gasteiger partial charge in [0.15, 0.2) is 5.65 Å². The number of anilines is 1. The second-order valence-corrected chi connectivity index (χ2v) is 3.65. The number of nitrogens with one attached hydrogen (secondary N) is 1. The maximum atomic E-state index is 5.58. The van der Waals surface area contributed by atoms with Gasteiger partial charge in [0.2, 0.25) is 0 Å². The van der Waals surface area contributed by atoms with Gasteiger partial charge in [-0.15, -0.1) is 0 Å². The van der Waals surface area contributed by atoms with Crippen LogP contribution in [0.25, 0.3) is 11.2 Å². The summed E-state index contributed by atoms with van der Waals surface area (Å²) in [7, 11) is 0. The van der Waals surface area contributed by atoms with Crippen molar-refractivity contribution in [2.45, 2.75) is 19.8 Å². The predicted molar refractivity (Wildman–Crippen MR) is 63.1 cm³/mol. The van der Waals surface area contributed by atoms with Crippen molar-refractivity contribution in [3.8, 4) is 0 Å². The minimum atomic E-state index is 0.493. The first-order valence-corrected chi connectivity index (χ1v) is 5.48. The Labute approximate surface area is 94.0 Å². The van der Waals surface area contributed by atoms with E-state index in [-0.39, 0.29) is 0 Å². The number of nitrogens with two attached hydrogens (primary N) is 1. The molecule has 0 unspecified atom stereocenters. The molecule has 0 saturated heterocycles. The second kappa shape index (κ2) is 4.94. The average Bonchev–Trinajstić information content (AvgIpc) is 2.66. The summed E-state index contributed by atoms with van der Waals surface area (Å²) >= 11 is 0. The highest BCUT2D eigenvalue weighted by molar-refractivity contribution is 5.72. The van der Waals surface area contributed by atoms with E-state index < -0.39 is 0 Å². The Balaban J connectivity index is 2.02. The molecule has 5 nitrogen and oxygen atoms in total. The van der Waals surface area contributed by atoms with Crippen molar-refractivity contribution < 1.29 is 4.74 Å². The van der Waals surface area contributed by atoms with E-state index in [0.29, 0.717) is 18.1 Å². The number of rotatable bonds is 5. The number of H-pyrrole nitrogens is 1. The zero-order chi connectivity index (χ0) is 11.4. The second-order valence-electron chi connectivity index (χ2n) is 3.65. The monoisotopic (exact) mass is 220 g/mol. The van der Waals surface area contributed by atoms with Crippen LogP contribution in [-0.4, -0.2) is 28.2 Å². The number of hydrogen-bond donors (Lipinski definition) is 2. The molecule has 0 atom stereocenters. The van der Waals surface area contributed by atoms with Gasteiger partial charge < -0.3 is 15.5 Å². The van der Waals surface area contributed by atoms with E-state index in [4.69, 9.17) is 10.5 Å². The van der Waals surface area contributed by atoms with E-state index >= 15 is 0 Å². The van der Waals surface area contributed by atoms with E-state index in [1.165, 1.54) is 0 Å². The third-order valence-corrected chi connectivity index (χ3v) is 2.25. The number of pyridine rings is 1. The molecule has 5 heteroatoms. The van der Waals surface area contributed by atoms with Crippen LogP contribution in [0.5, 0.6) is 0 Å². The summed E-state index contributed by atoms with van der Waals surface area (Å²) in [5, 5.41) is 0. The average molecular weight is 220 g/mol. The summed E-state index contributed by atoms with van der Waals surface area (Å²) in [5.41, 5.74) is 7.17. The molecule has 2 heterocycles. The fourth-order valence-corrected chi connectivity index (χ4v) is 1.49. The van der Waals surface area contributed by atoms with Crippen LogP contribution in [0.4, 0.5) is 5.82 Å². The lowest BCUT2D eigenvalue weighted by Crippen LogP contribution is -2.00. The first-order valence-electron chi connectivity index (χ1n) is 5.48. The molecule has 16 heavy (non-hydrogen) atoms. The van der Waals surface area contributed by atoms with Crippen molar-refractivity contribution in [1.29, 1.82) is 0 Å². The van der Waals surface area contributed by atoms with E-state index in [9.17, 15) is 0 Å². The summed E-state index contributed by atoms with van der Waals surface area (Å²) in [4.78, 5) is 11.7. The van der Waals surface area contributed by atoms with Crippen molar-refractivity contribution in [2.24, 2.45) is 0 Å². The molecule has 0 spiro atoms. The molecule has 0 aliphatic rings. The van der Waals surface area contributed by atoms with Gasteiger partial charge in [0.25, 0.3) is 0 Å². The maximum Gasteiger partial charge on any atom is 0.179 e. The highest BCUT2D eigenvalue weighted by Crippen LogP contribution is 2.11. The van der Waals surface area contributed by atoms with Gasteiger partial charge in [-0.2, -0.15) is 0 Å². The SMILES string of the molecule is CCCOCCc1nc2nc(N)ccc2[nH]1. The standard InChI is InChI=1S/C11H16N4O/c1-2-6-16-7-5-10-13-8-3-4-9(12)14-11(8)15-10/h3-4H,2,5-7H2,1H3,(H3,12,13,14,15).